The van der Waals surface area contributed by atoms with Gasteiger partial charge < -0.3 is 19.7 Å². The smallest absolute Gasteiger partial charge is 0.242 e. The summed E-state index contributed by atoms with van der Waals surface area (Å²) in [5, 5.41) is 3.27. The van der Waals surface area contributed by atoms with Gasteiger partial charge in [0.25, 0.3) is 0 Å². The molecule has 3 aliphatic rings. The second-order valence-corrected chi connectivity index (χ2v) is 6.29. The average molecular weight is 297 g/mol. The zero-order valence-electron chi connectivity index (χ0n) is 12.8. The fourth-order valence-electron chi connectivity index (χ4n) is 3.51. The maximum Gasteiger partial charge on any atom is 0.242 e. The fourth-order valence-corrected chi connectivity index (χ4v) is 3.51. The number of likely N-dealkylation sites (tertiary alicyclic amines) is 1. The van der Waals surface area contributed by atoms with Crippen LogP contribution in [0, 0.1) is 5.92 Å². The van der Waals surface area contributed by atoms with Gasteiger partial charge in [0.15, 0.2) is 0 Å². The van der Waals surface area contributed by atoms with E-state index < -0.39 is 0 Å². The lowest BCUT2D eigenvalue weighted by Gasteiger charge is -2.38. The lowest BCUT2D eigenvalue weighted by molar-refractivity contribution is -0.138. The van der Waals surface area contributed by atoms with Gasteiger partial charge in [0, 0.05) is 39.3 Å². The third kappa shape index (κ3) is 4.16. The Morgan fingerprint density at radius 2 is 2.00 bits per heavy atom. The number of morpholine rings is 2. The summed E-state index contributed by atoms with van der Waals surface area (Å²) < 4.78 is 10.8. The van der Waals surface area contributed by atoms with Crippen molar-refractivity contribution in [1.82, 2.24) is 15.1 Å². The summed E-state index contributed by atoms with van der Waals surface area (Å²) in [6, 6.07) is -0.138. The molecule has 0 radical (unpaired) electrons. The number of nitrogens with one attached hydrogen (secondary N) is 1. The number of amides is 1. The summed E-state index contributed by atoms with van der Waals surface area (Å²) in [5.74, 6) is 0.826. The van der Waals surface area contributed by atoms with Gasteiger partial charge in [0.1, 0.15) is 6.04 Å². The number of carbonyl (C=O) groups is 1. The van der Waals surface area contributed by atoms with Crippen molar-refractivity contribution in [3.8, 4) is 0 Å². The number of hydrogen-bond donors (Lipinski definition) is 1. The lowest BCUT2D eigenvalue weighted by atomic mass is 9.96. The van der Waals surface area contributed by atoms with Crippen molar-refractivity contribution in [3.05, 3.63) is 0 Å². The molecular weight excluding hydrogens is 270 g/mol. The van der Waals surface area contributed by atoms with Crippen LogP contribution in [0.25, 0.3) is 0 Å². The summed E-state index contributed by atoms with van der Waals surface area (Å²) in [7, 11) is 0. The largest absolute Gasteiger partial charge is 0.379 e. The molecule has 1 N–H and O–H groups in total. The van der Waals surface area contributed by atoms with Gasteiger partial charge in [0.2, 0.25) is 5.91 Å². The molecule has 3 aliphatic heterocycles. The average Bonchev–Trinajstić information content (AvgIpc) is 2.56. The molecule has 3 rings (SSSR count). The van der Waals surface area contributed by atoms with Crippen molar-refractivity contribution in [2.45, 2.75) is 18.9 Å². The second kappa shape index (κ2) is 7.54. The van der Waals surface area contributed by atoms with E-state index in [1.165, 1.54) is 6.42 Å². The van der Waals surface area contributed by atoms with Crippen LogP contribution < -0.4 is 5.32 Å². The zero-order valence-corrected chi connectivity index (χ0v) is 12.8. The molecule has 120 valence electrons. The Hall–Kier alpha value is -0.690. The van der Waals surface area contributed by atoms with E-state index in [2.05, 4.69) is 10.2 Å². The monoisotopic (exact) mass is 297 g/mol. The van der Waals surface area contributed by atoms with E-state index >= 15 is 0 Å². The molecule has 0 spiro atoms. The van der Waals surface area contributed by atoms with Crippen molar-refractivity contribution in [3.63, 3.8) is 0 Å². The van der Waals surface area contributed by atoms with Crippen LogP contribution in [0.3, 0.4) is 0 Å². The standard InChI is InChI=1S/C15H27N3O3/c19-15(14-12-21-7-3-16-14)18-4-1-2-13(11-18)10-17-5-8-20-9-6-17/h13-14,16H,1-12H2/t13-,14+/m0/s1. The van der Waals surface area contributed by atoms with E-state index in [1.54, 1.807) is 0 Å². The van der Waals surface area contributed by atoms with Crippen molar-refractivity contribution >= 4 is 5.91 Å². The summed E-state index contributed by atoms with van der Waals surface area (Å²) in [4.78, 5) is 17.1. The highest BCUT2D eigenvalue weighted by Crippen LogP contribution is 2.19. The minimum Gasteiger partial charge on any atom is -0.379 e. The van der Waals surface area contributed by atoms with Crippen LogP contribution in [0.5, 0.6) is 0 Å². The molecule has 0 aliphatic carbocycles. The molecule has 0 aromatic rings. The summed E-state index contributed by atoms with van der Waals surface area (Å²) >= 11 is 0. The molecule has 3 heterocycles. The predicted molar refractivity (Wildman–Crippen MR) is 79.2 cm³/mol. The Kier molecular flexibility index (Phi) is 5.46. The van der Waals surface area contributed by atoms with E-state index in [4.69, 9.17) is 9.47 Å². The zero-order chi connectivity index (χ0) is 14.5. The van der Waals surface area contributed by atoms with Crippen molar-refractivity contribution in [2.75, 3.05) is 65.7 Å². The van der Waals surface area contributed by atoms with Crippen LogP contribution in [-0.4, -0.2) is 87.4 Å². The van der Waals surface area contributed by atoms with Gasteiger partial charge in [-0.15, -0.1) is 0 Å². The molecule has 21 heavy (non-hydrogen) atoms. The van der Waals surface area contributed by atoms with Crippen LogP contribution in [-0.2, 0) is 14.3 Å². The van der Waals surface area contributed by atoms with Crippen molar-refractivity contribution in [2.24, 2.45) is 5.92 Å². The molecule has 0 saturated carbocycles. The minimum atomic E-state index is -0.138. The minimum absolute atomic E-state index is 0.138. The second-order valence-electron chi connectivity index (χ2n) is 6.29. The highest BCUT2D eigenvalue weighted by molar-refractivity contribution is 5.82. The maximum atomic E-state index is 12.5. The Morgan fingerprint density at radius 1 is 1.14 bits per heavy atom. The Morgan fingerprint density at radius 3 is 2.76 bits per heavy atom. The molecule has 3 fully saturated rings. The van der Waals surface area contributed by atoms with Gasteiger partial charge in [-0.3, -0.25) is 9.69 Å². The van der Waals surface area contributed by atoms with Gasteiger partial charge >= 0.3 is 0 Å². The van der Waals surface area contributed by atoms with Gasteiger partial charge in [-0.2, -0.15) is 0 Å². The number of carbonyl (C=O) groups excluding carboxylic acids is 1. The molecule has 0 aromatic heterocycles. The summed E-state index contributed by atoms with van der Waals surface area (Å²) in [6.45, 7) is 8.66. The number of nitrogens with zero attached hydrogens (tertiary/aromatic N) is 2. The quantitative estimate of drug-likeness (QED) is 0.764. The lowest BCUT2D eigenvalue weighted by Crippen LogP contribution is -2.55. The molecule has 6 heteroatoms. The van der Waals surface area contributed by atoms with Crippen LogP contribution in [0.4, 0.5) is 0 Å². The Bertz CT molecular complexity index is 341. The van der Waals surface area contributed by atoms with Crippen LogP contribution >= 0.6 is 0 Å². The van der Waals surface area contributed by atoms with Crippen LogP contribution in [0.15, 0.2) is 0 Å². The fraction of sp³-hybridized carbons (Fsp3) is 0.933. The van der Waals surface area contributed by atoms with E-state index in [1.807, 2.05) is 4.90 Å². The SMILES string of the molecule is O=C([C@H]1COCCN1)N1CCC[C@@H](CN2CCOCC2)C1. The van der Waals surface area contributed by atoms with Gasteiger partial charge in [-0.25, -0.2) is 0 Å². The maximum absolute atomic E-state index is 12.5. The first-order chi connectivity index (χ1) is 10.3. The van der Waals surface area contributed by atoms with E-state index in [-0.39, 0.29) is 11.9 Å². The number of hydrogen-bond acceptors (Lipinski definition) is 5. The van der Waals surface area contributed by atoms with E-state index in [0.717, 1.165) is 58.9 Å². The molecule has 2 atom stereocenters. The summed E-state index contributed by atoms with van der Waals surface area (Å²) in [6.07, 6.45) is 2.35. The summed E-state index contributed by atoms with van der Waals surface area (Å²) in [5.41, 5.74) is 0. The number of piperidine rings is 1. The molecule has 0 bridgehead atoms. The third-order valence-corrected chi connectivity index (χ3v) is 4.67. The first-order valence-electron chi connectivity index (χ1n) is 8.23. The Labute approximate surface area is 126 Å². The molecule has 0 aromatic carbocycles. The molecule has 0 unspecified atom stereocenters. The Balaban J connectivity index is 1.48. The first-order valence-corrected chi connectivity index (χ1v) is 8.23. The highest BCUT2D eigenvalue weighted by Gasteiger charge is 2.30. The first kappa shape index (κ1) is 15.2. The molecule has 6 nitrogen and oxygen atoms in total. The van der Waals surface area contributed by atoms with E-state index in [9.17, 15) is 4.79 Å². The van der Waals surface area contributed by atoms with Gasteiger partial charge in [0.05, 0.1) is 26.4 Å². The number of rotatable bonds is 3. The topological polar surface area (TPSA) is 54.0 Å². The van der Waals surface area contributed by atoms with Crippen LogP contribution in [0.1, 0.15) is 12.8 Å². The predicted octanol–water partition coefficient (Wildman–Crippen LogP) is -0.454. The third-order valence-electron chi connectivity index (χ3n) is 4.67. The van der Waals surface area contributed by atoms with E-state index in [0.29, 0.717) is 19.1 Å². The van der Waals surface area contributed by atoms with Crippen LogP contribution in [0.2, 0.25) is 0 Å². The molecular formula is C15H27N3O3. The van der Waals surface area contributed by atoms with Gasteiger partial charge in [-0.05, 0) is 18.8 Å². The number of ether oxygens (including phenoxy) is 2. The van der Waals surface area contributed by atoms with Crippen molar-refractivity contribution in [1.29, 1.82) is 0 Å². The highest BCUT2D eigenvalue weighted by atomic mass is 16.5. The van der Waals surface area contributed by atoms with Crippen molar-refractivity contribution < 1.29 is 14.3 Å². The normalized spacial score (nSPS) is 32.1. The molecule has 1 amide bonds. The van der Waals surface area contributed by atoms with Gasteiger partial charge in [-0.1, -0.05) is 0 Å². The molecule has 3 saturated heterocycles.